The Hall–Kier alpha value is -2.79. The molecule has 1 atom stereocenters. The summed E-state index contributed by atoms with van der Waals surface area (Å²) in [6.45, 7) is 1.56. The second-order valence-electron chi connectivity index (χ2n) is 6.38. The predicted octanol–water partition coefficient (Wildman–Crippen LogP) is 3.92. The topological polar surface area (TPSA) is 60.7 Å². The first kappa shape index (κ1) is 16.7. The molecule has 3 aromatic rings. The van der Waals surface area contributed by atoms with E-state index in [-0.39, 0.29) is 18.6 Å². The maximum absolute atomic E-state index is 12.2. The molecule has 1 fully saturated rings. The second kappa shape index (κ2) is 7.62. The number of hydrogen-bond acceptors (Lipinski definition) is 4. The summed E-state index contributed by atoms with van der Waals surface area (Å²) in [6, 6.07) is 17.4. The van der Waals surface area contributed by atoms with Crippen molar-refractivity contribution in [2.24, 2.45) is 0 Å². The molecule has 0 bridgehead atoms. The summed E-state index contributed by atoms with van der Waals surface area (Å²) in [5, 5.41) is 5.03. The van der Waals surface area contributed by atoms with Gasteiger partial charge in [0.25, 0.3) is 5.91 Å². The number of carbonyl (C=O) groups is 1. The summed E-state index contributed by atoms with van der Waals surface area (Å²) in [7, 11) is 0. The third kappa shape index (κ3) is 3.73. The number of carbonyl (C=O) groups excluding carboxylic acids is 1. The number of ether oxygens (including phenoxy) is 2. The van der Waals surface area contributed by atoms with Crippen LogP contribution in [0.4, 0.5) is 0 Å². The predicted molar refractivity (Wildman–Crippen MR) is 98.3 cm³/mol. The van der Waals surface area contributed by atoms with Crippen LogP contribution in [-0.4, -0.2) is 25.2 Å². The molecule has 0 radical (unpaired) electrons. The fourth-order valence-corrected chi connectivity index (χ4v) is 3.15. The Kier molecular flexibility index (Phi) is 4.88. The molecule has 134 valence electrons. The van der Waals surface area contributed by atoms with E-state index in [0.29, 0.717) is 18.1 Å². The smallest absolute Gasteiger partial charge is 0.287 e. The first-order chi connectivity index (χ1) is 12.8. The van der Waals surface area contributed by atoms with Crippen molar-refractivity contribution in [2.45, 2.75) is 25.6 Å². The number of rotatable bonds is 6. The molecule has 1 unspecified atom stereocenters. The van der Waals surface area contributed by atoms with Gasteiger partial charge in [0.05, 0.1) is 6.10 Å². The monoisotopic (exact) mass is 351 g/mol. The summed E-state index contributed by atoms with van der Waals surface area (Å²) < 4.78 is 17.0. The highest BCUT2D eigenvalue weighted by Gasteiger charge is 2.18. The van der Waals surface area contributed by atoms with Crippen LogP contribution < -0.4 is 10.1 Å². The van der Waals surface area contributed by atoms with E-state index in [2.05, 4.69) is 5.32 Å². The maximum Gasteiger partial charge on any atom is 0.287 e. The van der Waals surface area contributed by atoms with Crippen LogP contribution in [0.2, 0.25) is 0 Å². The Labute approximate surface area is 151 Å². The van der Waals surface area contributed by atoms with E-state index < -0.39 is 0 Å². The van der Waals surface area contributed by atoms with Crippen molar-refractivity contribution >= 4 is 16.7 Å². The van der Waals surface area contributed by atoms with E-state index in [1.54, 1.807) is 12.1 Å². The van der Waals surface area contributed by atoms with Crippen LogP contribution in [-0.2, 0) is 11.3 Å². The van der Waals surface area contributed by atoms with E-state index >= 15 is 0 Å². The van der Waals surface area contributed by atoms with Crippen LogP contribution in [0.1, 0.15) is 29.2 Å². The zero-order chi connectivity index (χ0) is 17.8. The third-order valence-corrected chi connectivity index (χ3v) is 4.52. The largest absolute Gasteiger partial charge is 0.485 e. The van der Waals surface area contributed by atoms with Gasteiger partial charge in [-0.15, -0.1) is 0 Å². The first-order valence-corrected chi connectivity index (χ1v) is 8.89. The van der Waals surface area contributed by atoms with Crippen LogP contribution in [0.3, 0.4) is 0 Å². The van der Waals surface area contributed by atoms with E-state index in [4.69, 9.17) is 13.9 Å². The average molecular weight is 351 g/mol. The summed E-state index contributed by atoms with van der Waals surface area (Å²) in [4.78, 5) is 12.2. The molecular formula is C21H21NO4. The molecule has 2 heterocycles. The molecule has 1 saturated heterocycles. The van der Waals surface area contributed by atoms with Gasteiger partial charge in [0.1, 0.15) is 18.1 Å². The zero-order valence-electron chi connectivity index (χ0n) is 14.4. The van der Waals surface area contributed by atoms with E-state index in [0.717, 1.165) is 36.0 Å². The Morgan fingerprint density at radius 3 is 2.88 bits per heavy atom. The van der Waals surface area contributed by atoms with Crippen molar-refractivity contribution in [3.05, 3.63) is 66.1 Å². The maximum atomic E-state index is 12.2. The van der Waals surface area contributed by atoms with Gasteiger partial charge < -0.3 is 19.2 Å². The minimum Gasteiger partial charge on any atom is -0.485 e. The molecule has 2 aromatic carbocycles. The number of furan rings is 1. The Morgan fingerprint density at radius 2 is 2.00 bits per heavy atom. The lowest BCUT2D eigenvalue weighted by molar-refractivity contribution is 0.0832. The number of hydrogen-bond donors (Lipinski definition) is 1. The van der Waals surface area contributed by atoms with Crippen molar-refractivity contribution in [2.75, 3.05) is 13.2 Å². The van der Waals surface area contributed by atoms with E-state index in [1.807, 2.05) is 42.5 Å². The first-order valence-electron chi connectivity index (χ1n) is 8.89. The minimum absolute atomic E-state index is 0.114. The molecule has 1 amide bonds. The van der Waals surface area contributed by atoms with Gasteiger partial charge in [0, 0.05) is 18.5 Å². The number of nitrogens with one attached hydrogen (secondary N) is 1. The Morgan fingerprint density at radius 1 is 1.12 bits per heavy atom. The highest BCUT2D eigenvalue weighted by molar-refractivity contribution is 5.91. The van der Waals surface area contributed by atoms with Gasteiger partial charge in [-0.1, -0.05) is 36.4 Å². The number of benzene rings is 2. The molecule has 1 aliphatic heterocycles. The van der Waals surface area contributed by atoms with E-state index in [1.165, 1.54) is 0 Å². The quantitative estimate of drug-likeness (QED) is 0.731. The third-order valence-electron chi connectivity index (χ3n) is 4.52. The SMILES string of the molecule is O=C(NCC1CCCO1)c1ccc(COc2cccc3ccccc23)o1. The molecule has 1 aromatic heterocycles. The Balaban J connectivity index is 1.36. The summed E-state index contributed by atoms with van der Waals surface area (Å²) in [5.74, 6) is 1.47. The van der Waals surface area contributed by atoms with Gasteiger partial charge in [-0.25, -0.2) is 0 Å². The van der Waals surface area contributed by atoms with E-state index in [9.17, 15) is 4.79 Å². The lowest BCUT2D eigenvalue weighted by atomic mass is 10.1. The van der Waals surface area contributed by atoms with Crippen LogP contribution in [0.25, 0.3) is 10.8 Å². The fraction of sp³-hybridized carbons (Fsp3) is 0.286. The standard InChI is InChI=1S/C21H21NO4/c23-21(22-13-16-7-4-12-24-16)20-11-10-17(26-20)14-25-19-9-3-6-15-5-1-2-8-18(15)19/h1-3,5-6,8-11,16H,4,7,12-14H2,(H,22,23). The minimum atomic E-state index is -0.225. The van der Waals surface area contributed by atoms with Crippen LogP contribution in [0.5, 0.6) is 5.75 Å². The van der Waals surface area contributed by atoms with Gasteiger partial charge in [0.2, 0.25) is 0 Å². The van der Waals surface area contributed by atoms with Gasteiger partial charge in [-0.3, -0.25) is 4.79 Å². The molecule has 0 aliphatic carbocycles. The van der Waals surface area contributed by atoms with Crippen molar-refractivity contribution < 1.29 is 18.7 Å². The van der Waals surface area contributed by atoms with Crippen LogP contribution in [0, 0.1) is 0 Å². The lowest BCUT2D eigenvalue weighted by Gasteiger charge is -2.09. The normalized spacial score (nSPS) is 16.7. The summed E-state index contributed by atoms with van der Waals surface area (Å²) in [5.41, 5.74) is 0. The van der Waals surface area contributed by atoms with Gasteiger partial charge in [-0.05, 0) is 36.4 Å². The zero-order valence-corrected chi connectivity index (χ0v) is 14.4. The lowest BCUT2D eigenvalue weighted by Crippen LogP contribution is -2.31. The Bertz CT molecular complexity index is 890. The van der Waals surface area contributed by atoms with Crippen LogP contribution >= 0.6 is 0 Å². The van der Waals surface area contributed by atoms with Crippen molar-refractivity contribution in [1.82, 2.24) is 5.32 Å². The summed E-state index contributed by atoms with van der Waals surface area (Å²) in [6.07, 6.45) is 2.16. The highest BCUT2D eigenvalue weighted by Crippen LogP contribution is 2.26. The van der Waals surface area contributed by atoms with Gasteiger partial charge in [-0.2, -0.15) is 0 Å². The van der Waals surface area contributed by atoms with Crippen LogP contribution in [0.15, 0.2) is 59.0 Å². The molecule has 5 nitrogen and oxygen atoms in total. The molecule has 5 heteroatoms. The highest BCUT2D eigenvalue weighted by atomic mass is 16.5. The average Bonchev–Trinajstić information content (AvgIpc) is 3.36. The summed E-state index contributed by atoms with van der Waals surface area (Å²) >= 11 is 0. The van der Waals surface area contributed by atoms with Crippen molar-refractivity contribution in [3.63, 3.8) is 0 Å². The molecule has 1 N–H and O–H groups in total. The number of amides is 1. The fourth-order valence-electron chi connectivity index (χ4n) is 3.15. The van der Waals surface area contributed by atoms with Crippen molar-refractivity contribution in [1.29, 1.82) is 0 Å². The molecule has 4 rings (SSSR count). The molecule has 26 heavy (non-hydrogen) atoms. The van der Waals surface area contributed by atoms with Gasteiger partial charge >= 0.3 is 0 Å². The molecule has 1 aliphatic rings. The van der Waals surface area contributed by atoms with Gasteiger partial charge in [0.15, 0.2) is 5.76 Å². The van der Waals surface area contributed by atoms with Crippen molar-refractivity contribution in [3.8, 4) is 5.75 Å². The molecule has 0 spiro atoms. The number of fused-ring (bicyclic) bond motifs is 1. The molecule has 0 saturated carbocycles. The second-order valence-corrected chi connectivity index (χ2v) is 6.38. The molecular weight excluding hydrogens is 330 g/mol.